The summed E-state index contributed by atoms with van der Waals surface area (Å²) in [6.07, 6.45) is 15.0. The van der Waals surface area contributed by atoms with Gasteiger partial charge in [-0.15, -0.1) is 0 Å². The van der Waals surface area contributed by atoms with Crippen molar-refractivity contribution in [3.63, 3.8) is 0 Å². The minimum atomic E-state index is -0.402. The zero-order valence-electron chi connectivity index (χ0n) is 23.2. The number of pyridine rings is 1. The molecule has 2 aromatic rings. The van der Waals surface area contributed by atoms with Crippen LogP contribution >= 0.6 is 0 Å². The van der Waals surface area contributed by atoms with Gasteiger partial charge in [0.15, 0.2) is 5.75 Å². The second kappa shape index (κ2) is 16.1. The molecule has 0 unspecified atom stereocenters. The summed E-state index contributed by atoms with van der Waals surface area (Å²) in [5.41, 5.74) is 2.88. The minimum Gasteiger partial charge on any atom is -0.500 e. The monoisotopic (exact) mass is 497 g/mol. The Morgan fingerprint density at radius 3 is 2.39 bits per heavy atom. The van der Waals surface area contributed by atoms with E-state index in [-0.39, 0.29) is 11.5 Å². The third-order valence-corrected chi connectivity index (χ3v) is 6.42. The van der Waals surface area contributed by atoms with E-state index in [2.05, 4.69) is 40.7 Å². The predicted molar refractivity (Wildman–Crippen MR) is 152 cm³/mol. The van der Waals surface area contributed by atoms with Crippen molar-refractivity contribution in [2.45, 2.75) is 105 Å². The number of aromatic nitrogens is 1. The van der Waals surface area contributed by atoms with E-state index in [1.807, 2.05) is 24.3 Å². The maximum Gasteiger partial charge on any atom is 0.297 e. The highest BCUT2D eigenvalue weighted by atomic mass is 16.5. The molecule has 0 bridgehead atoms. The highest BCUT2D eigenvalue weighted by molar-refractivity contribution is 5.89. The standard InChI is InChI=1S/C31H47NO4/c1-6-8-10-11-12-13-20-32-28-23-26(35-21-9-7-2)17-18-27(28)30(29(33)31(32)34)36-22-19-25(5)16-14-15-24(3)4/h15,17-19,23,33H,6-14,16,20-22H2,1-5H3/b25-19+. The van der Waals surface area contributed by atoms with Crippen molar-refractivity contribution < 1.29 is 14.6 Å². The highest BCUT2D eigenvalue weighted by Crippen LogP contribution is 2.34. The second-order valence-electron chi connectivity index (χ2n) is 9.96. The SMILES string of the molecule is CCCCCCCCn1c(=O)c(O)c(OC/C=C(\C)CCC=C(C)C)c2ccc(OCCCC)cc21. The van der Waals surface area contributed by atoms with Crippen LogP contribution in [-0.2, 0) is 6.54 Å². The molecule has 1 aromatic carbocycles. The molecule has 5 nitrogen and oxygen atoms in total. The number of hydrogen-bond donors (Lipinski definition) is 1. The average Bonchev–Trinajstić information content (AvgIpc) is 2.85. The molecule has 0 radical (unpaired) electrons. The Morgan fingerprint density at radius 1 is 0.944 bits per heavy atom. The quantitative estimate of drug-likeness (QED) is 0.176. The van der Waals surface area contributed by atoms with Crippen molar-refractivity contribution in [2.24, 2.45) is 0 Å². The van der Waals surface area contributed by atoms with Gasteiger partial charge in [-0.25, -0.2) is 0 Å². The number of nitrogens with zero attached hydrogens (tertiary/aromatic N) is 1. The van der Waals surface area contributed by atoms with Crippen LogP contribution in [0.15, 0.2) is 46.3 Å². The molecular formula is C31H47NO4. The van der Waals surface area contributed by atoms with Gasteiger partial charge in [-0.2, -0.15) is 0 Å². The van der Waals surface area contributed by atoms with Crippen molar-refractivity contribution in [3.05, 3.63) is 51.9 Å². The number of allylic oxidation sites excluding steroid dienone is 3. The van der Waals surface area contributed by atoms with E-state index < -0.39 is 5.56 Å². The number of aromatic hydroxyl groups is 1. The third-order valence-electron chi connectivity index (χ3n) is 6.42. The first-order valence-electron chi connectivity index (χ1n) is 13.8. The highest BCUT2D eigenvalue weighted by Gasteiger charge is 2.18. The summed E-state index contributed by atoms with van der Waals surface area (Å²) in [6, 6.07) is 5.70. The minimum absolute atomic E-state index is 0.252. The summed E-state index contributed by atoms with van der Waals surface area (Å²) in [4.78, 5) is 13.2. The van der Waals surface area contributed by atoms with Gasteiger partial charge < -0.3 is 19.1 Å². The molecule has 1 N–H and O–H groups in total. The van der Waals surface area contributed by atoms with E-state index in [0.717, 1.165) is 55.2 Å². The lowest BCUT2D eigenvalue weighted by Crippen LogP contribution is -2.21. The van der Waals surface area contributed by atoms with Crippen LogP contribution in [0.5, 0.6) is 17.2 Å². The Balaban J connectivity index is 2.29. The lowest BCUT2D eigenvalue weighted by atomic mass is 10.1. The Morgan fingerprint density at radius 2 is 1.67 bits per heavy atom. The van der Waals surface area contributed by atoms with Crippen molar-refractivity contribution in [2.75, 3.05) is 13.2 Å². The van der Waals surface area contributed by atoms with Gasteiger partial charge in [0.2, 0.25) is 5.75 Å². The van der Waals surface area contributed by atoms with Gasteiger partial charge in [0.25, 0.3) is 5.56 Å². The van der Waals surface area contributed by atoms with Gasteiger partial charge in [0.05, 0.1) is 12.1 Å². The number of aryl methyl sites for hydroxylation is 1. The number of fused-ring (bicyclic) bond motifs is 1. The fourth-order valence-electron chi connectivity index (χ4n) is 4.19. The van der Waals surface area contributed by atoms with Crippen LogP contribution in [0.1, 0.15) is 98.8 Å². The molecule has 1 aromatic heterocycles. The number of hydrogen-bond acceptors (Lipinski definition) is 4. The molecule has 0 fully saturated rings. The van der Waals surface area contributed by atoms with Crippen molar-refractivity contribution in [3.8, 4) is 17.2 Å². The first kappa shape index (κ1) is 29.5. The van der Waals surface area contributed by atoms with Crippen LogP contribution in [0.25, 0.3) is 10.9 Å². The van der Waals surface area contributed by atoms with Gasteiger partial charge in [0, 0.05) is 18.0 Å². The van der Waals surface area contributed by atoms with Gasteiger partial charge in [-0.3, -0.25) is 4.79 Å². The summed E-state index contributed by atoms with van der Waals surface area (Å²) in [5, 5.41) is 11.6. The molecule has 0 atom stereocenters. The Kier molecular flexibility index (Phi) is 13.2. The Bertz CT molecular complexity index is 1060. The zero-order valence-corrected chi connectivity index (χ0v) is 23.2. The van der Waals surface area contributed by atoms with Crippen LogP contribution in [0.4, 0.5) is 0 Å². The normalized spacial score (nSPS) is 11.6. The van der Waals surface area contributed by atoms with E-state index in [9.17, 15) is 9.90 Å². The van der Waals surface area contributed by atoms with Crippen LogP contribution in [0.2, 0.25) is 0 Å². The number of unbranched alkanes of at least 4 members (excludes halogenated alkanes) is 6. The van der Waals surface area contributed by atoms with E-state index in [1.165, 1.54) is 36.8 Å². The first-order chi connectivity index (χ1) is 17.4. The second-order valence-corrected chi connectivity index (χ2v) is 9.96. The molecule has 200 valence electrons. The molecule has 0 amide bonds. The average molecular weight is 498 g/mol. The summed E-state index contributed by atoms with van der Waals surface area (Å²) in [6.45, 7) is 12.1. The summed E-state index contributed by atoms with van der Waals surface area (Å²) in [5.74, 6) is 0.671. The molecule has 5 heteroatoms. The molecule has 2 rings (SSSR count). The van der Waals surface area contributed by atoms with Crippen LogP contribution < -0.4 is 15.0 Å². The van der Waals surface area contributed by atoms with Gasteiger partial charge in [0.1, 0.15) is 12.4 Å². The van der Waals surface area contributed by atoms with Crippen molar-refractivity contribution >= 4 is 10.9 Å². The first-order valence-corrected chi connectivity index (χ1v) is 13.8. The van der Waals surface area contributed by atoms with Crippen LogP contribution in [-0.4, -0.2) is 22.9 Å². The maximum absolute atomic E-state index is 13.2. The largest absolute Gasteiger partial charge is 0.500 e. The van der Waals surface area contributed by atoms with E-state index in [1.54, 1.807) is 4.57 Å². The number of rotatable bonds is 17. The summed E-state index contributed by atoms with van der Waals surface area (Å²) >= 11 is 0. The summed E-state index contributed by atoms with van der Waals surface area (Å²) in [7, 11) is 0. The Hall–Kier alpha value is -2.69. The molecule has 0 saturated heterocycles. The lowest BCUT2D eigenvalue weighted by Gasteiger charge is -2.17. The van der Waals surface area contributed by atoms with Crippen molar-refractivity contribution in [1.82, 2.24) is 4.57 Å². The molecule has 0 spiro atoms. The predicted octanol–water partition coefficient (Wildman–Crippen LogP) is 8.32. The molecule has 1 heterocycles. The molecule has 36 heavy (non-hydrogen) atoms. The third kappa shape index (κ3) is 9.40. The smallest absolute Gasteiger partial charge is 0.297 e. The molecular weight excluding hydrogens is 450 g/mol. The zero-order chi connectivity index (χ0) is 26.3. The van der Waals surface area contributed by atoms with Crippen LogP contribution in [0, 0.1) is 0 Å². The van der Waals surface area contributed by atoms with Crippen LogP contribution in [0.3, 0.4) is 0 Å². The maximum atomic E-state index is 13.2. The van der Waals surface area contributed by atoms with Crippen molar-refractivity contribution in [1.29, 1.82) is 0 Å². The molecule has 0 aliphatic carbocycles. The lowest BCUT2D eigenvalue weighted by molar-refractivity contribution is 0.309. The van der Waals surface area contributed by atoms with Gasteiger partial charge in [-0.05, 0) is 64.7 Å². The fraction of sp³-hybridized carbons (Fsp3) is 0.581. The summed E-state index contributed by atoms with van der Waals surface area (Å²) < 4.78 is 13.6. The molecule has 0 saturated carbocycles. The van der Waals surface area contributed by atoms with E-state index in [4.69, 9.17) is 9.47 Å². The molecule has 0 aliphatic rings. The number of ether oxygens (including phenoxy) is 2. The van der Waals surface area contributed by atoms with Gasteiger partial charge in [-0.1, -0.05) is 69.6 Å². The number of benzene rings is 1. The van der Waals surface area contributed by atoms with Gasteiger partial charge >= 0.3 is 0 Å². The Labute approximate surface area is 217 Å². The molecule has 0 aliphatic heterocycles. The van der Waals surface area contributed by atoms with E-state index >= 15 is 0 Å². The van der Waals surface area contributed by atoms with E-state index in [0.29, 0.717) is 19.8 Å². The fourth-order valence-corrected chi connectivity index (χ4v) is 4.19. The topological polar surface area (TPSA) is 60.7 Å².